The lowest BCUT2D eigenvalue weighted by Gasteiger charge is -2.05. The monoisotopic (exact) mass is 238 g/mol. The van der Waals surface area contributed by atoms with Gasteiger partial charge in [0.15, 0.2) is 0 Å². The maximum absolute atomic E-state index is 10.8. The number of hydrogen-bond donors (Lipinski definition) is 2. The second kappa shape index (κ2) is 9.08. The molecule has 0 saturated heterocycles. The molecule has 0 saturated carbocycles. The largest absolute Gasteiger partial charge is 0.383 e. The minimum Gasteiger partial charge on any atom is -0.383 e. The molecule has 0 amide bonds. The average molecular weight is 238 g/mol. The molecule has 0 unspecified atom stereocenters. The Morgan fingerprint density at radius 3 is 2.20 bits per heavy atom. The molecule has 0 fully saturated rings. The van der Waals surface area contributed by atoms with Crippen molar-refractivity contribution in [2.75, 3.05) is 51.9 Å². The number of nitrogens with one attached hydrogen (secondary N) is 2. The van der Waals surface area contributed by atoms with Gasteiger partial charge in [0.2, 0.25) is 0 Å². The number of hydrogen-bond acceptors (Lipinski definition) is 5. The first kappa shape index (κ1) is 14.8. The first-order valence-electron chi connectivity index (χ1n) is 5.14. The van der Waals surface area contributed by atoms with Crippen LogP contribution in [0.2, 0.25) is 0 Å². The van der Waals surface area contributed by atoms with E-state index in [9.17, 15) is 8.42 Å². The van der Waals surface area contributed by atoms with Crippen LogP contribution in [-0.2, 0) is 14.6 Å². The van der Waals surface area contributed by atoms with Gasteiger partial charge in [-0.2, -0.15) is 0 Å². The molecular formula is C9H22N2O3S. The van der Waals surface area contributed by atoms with Gasteiger partial charge in [0.1, 0.15) is 9.84 Å². The van der Waals surface area contributed by atoms with Crippen molar-refractivity contribution < 1.29 is 13.2 Å². The van der Waals surface area contributed by atoms with E-state index in [0.717, 1.165) is 32.7 Å². The van der Waals surface area contributed by atoms with Crippen LogP contribution >= 0.6 is 0 Å². The maximum Gasteiger partial charge on any atom is 0.148 e. The molecule has 0 atom stereocenters. The summed E-state index contributed by atoms with van der Waals surface area (Å²) < 4.78 is 26.4. The molecule has 15 heavy (non-hydrogen) atoms. The molecule has 0 heterocycles. The van der Waals surface area contributed by atoms with E-state index in [-0.39, 0.29) is 5.75 Å². The van der Waals surface area contributed by atoms with Crippen LogP contribution in [0.5, 0.6) is 0 Å². The number of sulfone groups is 1. The predicted octanol–water partition coefficient (Wildman–Crippen LogP) is -0.753. The Morgan fingerprint density at radius 2 is 1.67 bits per heavy atom. The Kier molecular flexibility index (Phi) is 8.98. The molecule has 0 aliphatic rings. The van der Waals surface area contributed by atoms with Crippen molar-refractivity contribution in [1.29, 1.82) is 0 Å². The zero-order valence-electron chi connectivity index (χ0n) is 9.58. The van der Waals surface area contributed by atoms with E-state index < -0.39 is 9.84 Å². The van der Waals surface area contributed by atoms with Crippen LogP contribution in [0.3, 0.4) is 0 Å². The van der Waals surface area contributed by atoms with Crippen LogP contribution in [0.25, 0.3) is 0 Å². The van der Waals surface area contributed by atoms with Gasteiger partial charge in [-0.05, 0) is 19.5 Å². The summed E-state index contributed by atoms with van der Waals surface area (Å²) in [5.74, 6) is 0.212. The molecule has 6 heteroatoms. The summed E-state index contributed by atoms with van der Waals surface area (Å²) in [6.45, 7) is 3.89. The summed E-state index contributed by atoms with van der Waals surface area (Å²) in [5.41, 5.74) is 0. The standard InChI is InChI=1S/C9H22N2O3S/c1-14-8-6-10-4-3-5-11-7-9-15(2,12)13/h10-11H,3-9H2,1-2H3. The number of rotatable bonds is 10. The fourth-order valence-electron chi connectivity index (χ4n) is 1.02. The van der Waals surface area contributed by atoms with Crippen molar-refractivity contribution in [2.24, 2.45) is 0 Å². The zero-order chi connectivity index (χ0) is 11.6. The highest BCUT2D eigenvalue weighted by molar-refractivity contribution is 7.90. The molecule has 0 spiro atoms. The van der Waals surface area contributed by atoms with E-state index in [1.807, 2.05) is 0 Å². The molecule has 5 nitrogen and oxygen atoms in total. The molecule has 0 aromatic rings. The SMILES string of the molecule is COCCNCCCNCCS(C)(=O)=O. The first-order chi connectivity index (χ1) is 7.06. The summed E-state index contributed by atoms with van der Waals surface area (Å²) in [6.07, 6.45) is 2.24. The van der Waals surface area contributed by atoms with Gasteiger partial charge in [0.05, 0.1) is 12.4 Å². The fourth-order valence-corrected chi connectivity index (χ4v) is 1.54. The van der Waals surface area contributed by atoms with Gasteiger partial charge in [0, 0.05) is 26.5 Å². The van der Waals surface area contributed by atoms with E-state index in [0.29, 0.717) is 6.54 Å². The van der Waals surface area contributed by atoms with E-state index in [2.05, 4.69) is 10.6 Å². The molecule has 92 valence electrons. The van der Waals surface area contributed by atoms with Crippen molar-refractivity contribution in [2.45, 2.75) is 6.42 Å². The van der Waals surface area contributed by atoms with Gasteiger partial charge in [-0.15, -0.1) is 0 Å². The second-order valence-corrected chi connectivity index (χ2v) is 5.74. The van der Waals surface area contributed by atoms with Crippen LogP contribution in [0, 0.1) is 0 Å². The van der Waals surface area contributed by atoms with Crippen LogP contribution < -0.4 is 10.6 Å². The topological polar surface area (TPSA) is 67.4 Å². The summed E-state index contributed by atoms with van der Waals surface area (Å²) in [6, 6.07) is 0. The molecule has 0 aromatic heterocycles. The Labute approximate surface area is 92.5 Å². The molecule has 0 aliphatic carbocycles. The van der Waals surface area contributed by atoms with Crippen molar-refractivity contribution in [3.05, 3.63) is 0 Å². The highest BCUT2D eigenvalue weighted by atomic mass is 32.2. The van der Waals surface area contributed by atoms with Gasteiger partial charge >= 0.3 is 0 Å². The van der Waals surface area contributed by atoms with E-state index in [1.165, 1.54) is 6.26 Å². The average Bonchev–Trinajstić information content (AvgIpc) is 2.14. The minimum atomic E-state index is -2.82. The quantitative estimate of drug-likeness (QED) is 0.490. The molecule has 0 aliphatic heterocycles. The van der Waals surface area contributed by atoms with Gasteiger partial charge in [-0.1, -0.05) is 0 Å². The molecule has 0 radical (unpaired) electrons. The third kappa shape index (κ3) is 13.8. The summed E-state index contributed by atoms with van der Waals surface area (Å²) in [7, 11) is -1.15. The lowest BCUT2D eigenvalue weighted by Crippen LogP contribution is -2.27. The van der Waals surface area contributed by atoms with Crippen molar-refractivity contribution in [1.82, 2.24) is 10.6 Å². The van der Waals surface area contributed by atoms with Gasteiger partial charge < -0.3 is 15.4 Å². The van der Waals surface area contributed by atoms with Crippen LogP contribution in [0.15, 0.2) is 0 Å². The lowest BCUT2D eigenvalue weighted by molar-refractivity contribution is 0.199. The Bertz CT molecular complexity index is 230. The molecule has 2 N–H and O–H groups in total. The summed E-state index contributed by atoms with van der Waals surface area (Å²) in [4.78, 5) is 0. The summed E-state index contributed by atoms with van der Waals surface area (Å²) in [5, 5.41) is 6.29. The Balaban J connectivity index is 3.06. The minimum absolute atomic E-state index is 0.212. The van der Waals surface area contributed by atoms with E-state index in [4.69, 9.17) is 4.74 Å². The maximum atomic E-state index is 10.8. The van der Waals surface area contributed by atoms with Crippen molar-refractivity contribution >= 4 is 9.84 Å². The van der Waals surface area contributed by atoms with Crippen molar-refractivity contribution in [3.8, 4) is 0 Å². The highest BCUT2D eigenvalue weighted by Crippen LogP contribution is 1.80. The first-order valence-corrected chi connectivity index (χ1v) is 7.20. The lowest BCUT2D eigenvalue weighted by atomic mass is 10.4. The van der Waals surface area contributed by atoms with E-state index >= 15 is 0 Å². The second-order valence-electron chi connectivity index (χ2n) is 3.48. The molecular weight excluding hydrogens is 216 g/mol. The molecule has 0 aromatic carbocycles. The highest BCUT2D eigenvalue weighted by Gasteiger charge is 1.99. The molecule has 0 bridgehead atoms. The Morgan fingerprint density at radius 1 is 1.07 bits per heavy atom. The third-order valence-corrected chi connectivity index (χ3v) is 2.79. The Hall–Kier alpha value is -0.170. The third-order valence-electron chi connectivity index (χ3n) is 1.84. The van der Waals surface area contributed by atoms with Crippen LogP contribution in [0.4, 0.5) is 0 Å². The van der Waals surface area contributed by atoms with Crippen molar-refractivity contribution in [3.63, 3.8) is 0 Å². The van der Waals surface area contributed by atoms with Gasteiger partial charge in [0.25, 0.3) is 0 Å². The van der Waals surface area contributed by atoms with Gasteiger partial charge in [-0.3, -0.25) is 0 Å². The number of ether oxygens (including phenoxy) is 1. The zero-order valence-corrected chi connectivity index (χ0v) is 10.4. The smallest absolute Gasteiger partial charge is 0.148 e. The van der Waals surface area contributed by atoms with Gasteiger partial charge in [-0.25, -0.2) is 8.42 Å². The van der Waals surface area contributed by atoms with E-state index in [1.54, 1.807) is 7.11 Å². The number of methoxy groups -OCH3 is 1. The predicted molar refractivity (Wildman–Crippen MR) is 61.9 cm³/mol. The summed E-state index contributed by atoms with van der Waals surface area (Å²) >= 11 is 0. The van der Waals surface area contributed by atoms with Crippen LogP contribution in [0.1, 0.15) is 6.42 Å². The fraction of sp³-hybridized carbons (Fsp3) is 1.00. The normalized spacial score (nSPS) is 11.9. The molecule has 0 rings (SSSR count). The van der Waals surface area contributed by atoms with Crippen LogP contribution in [-0.4, -0.2) is 60.3 Å².